The molecule has 0 aliphatic heterocycles. The number of carbonyl (C=O) groups excluding carboxylic acids is 1. The van der Waals surface area contributed by atoms with Crippen LogP contribution in [0.5, 0.6) is 5.75 Å². The summed E-state index contributed by atoms with van der Waals surface area (Å²) in [4.78, 5) is 11.8. The first-order valence-electron chi connectivity index (χ1n) is 5.63. The highest BCUT2D eigenvalue weighted by Crippen LogP contribution is 2.11. The van der Waals surface area contributed by atoms with Gasteiger partial charge in [0.25, 0.3) is 5.91 Å². The molecule has 6 nitrogen and oxygen atoms in total. The number of carbonyl (C=O) groups is 1. The average Bonchev–Trinajstić information content (AvgIpc) is 2.71. The smallest absolute Gasteiger partial charge is 0.276 e. The second kappa shape index (κ2) is 5.34. The van der Waals surface area contributed by atoms with Gasteiger partial charge in [0, 0.05) is 0 Å². The van der Waals surface area contributed by atoms with Gasteiger partial charge in [0.1, 0.15) is 17.1 Å². The van der Waals surface area contributed by atoms with E-state index in [9.17, 15) is 4.79 Å². The van der Waals surface area contributed by atoms with Crippen LogP contribution in [0, 0.1) is 13.8 Å². The van der Waals surface area contributed by atoms with Crippen molar-refractivity contribution in [3.05, 3.63) is 46.8 Å². The zero-order valence-electron chi connectivity index (χ0n) is 10.5. The van der Waals surface area contributed by atoms with E-state index in [1.807, 2.05) is 0 Å². The minimum Gasteiger partial charge on any atom is -0.508 e. The summed E-state index contributed by atoms with van der Waals surface area (Å²) in [5.41, 5.74) is 4.07. The minimum atomic E-state index is -0.369. The van der Waals surface area contributed by atoms with Gasteiger partial charge in [-0.05, 0) is 43.7 Å². The summed E-state index contributed by atoms with van der Waals surface area (Å²) in [6.45, 7) is 3.35. The van der Waals surface area contributed by atoms with Crippen molar-refractivity contribution >= 4 is 12.1 Å². The Morgan fingerprint density at radius 3 is 2.63 bits per heavy atom. The number of amides is 1. The van der Waals surface area contributed by atoms with Crippen LogP contribution in [0.1, 0.15) is 27.4 Å². The van der Waals surface area contributed by atoms with E-state index < -0.39 is 0 Å². The molecular formula is C13H13N3O3. The van der Waals surface area contributed by atoms with Gasteiger partial charge in [-0.3, -0.25) is 4.79 Å². The van der Waals surface area contributed by atoms with Crippen molar-refractivity contribution in [1.82, 2.24) is 10.6 Å². The SMILES string of the molecule is Cc1noc(C)c1C(=O)N/N=C/c1ccc(O)cc1. The molecule has 0 atom stereocenters. The highest BCUT2D eigenvalue weighted by atomic mass is 16.5. The molecule has 0 radical (unpaired) electrons. The number of phenolic OH excluding ortho intramolecular Hbond substituents is 1. The summed E-state index contributed by atoms with van der Waals surface area (Å²) in [5.74, 6) is 0.262. The van der Waals surface area contributed by atoms with Crippen LogP contribution in [0.4, 0.5) is 0 Å². The maximum absolute atomic E-state index is 11.8. The molecule has 0 fully saturated rings. The van der Waals surface area contributed by atoms with Gasteiger partial charge in [-0.1, -0.05) is 5.16 Å². The molecule has 98 valence electrons. The first-order valence-corrected chi connectivity index (χ1v) is 5.63. The van der Waals surface area contributed by atoms with E-state index >= 15 is 0 Å². The fourth-order valence-corrected chi connectivity index (χ4v) is 1.59. The van der Waals surface area contributed by atoms with Crippen LogP contribution in [0.15, 0.2) is 33.9 Å². The summed E-state index contributed by atoms with van der Waals surface area (Å²) in [6.07, 6.45) is 1.48. The van der Waals surface area contributed by atoms with E-state index in [4.69, 9.17) is 9.63 Å². The summed E-state index contributed by atoms with van der Waals surface area (Å²) in [5, 5.41) is 16.7. The summed E-state index contributed by atoms with van der Waals surface area (Å²) < 4.78 is 4.90. The van der Waals surface area contributed by atoms with E-state index in [-0.39, 0.29) is 11.7 Å². The standard InChI is InChI=1S/C13H13N3O3/c1-8-12(9(2)19-16-8)13(18)15-14-7-10-3-5-11(17)6-4-10/h3-7,17H,1-2H3,(H,15,18)/b14-7+. The molecule has 1 aromatic carbocycles. The van der Waals surface area contributed by atoms with Crippen molar-refractivity contribution in [1.29, 1.82) is 0 Å². The number of aromatic nitrogens is 1. The van der Waals surface area contributed by atoms with Crippen molar-refractivity contribution in [3.63, 3.8) is 0 Å². The maximum Gasteiger partial charge on any atom is 0.276 e. The topological polar surface area (TPSA) is 87.7 Å². The molecule has 2 N–H and O–H groups in total. The van der Waals surface area contributed by atoms with E-state index in [0.29, 0.717) is 17.0 Å². The normalized spacial score (nSPS) is 10.8. The van der Waals surface area contributed by atoms with Gasteiger partial charge in [-0.15, -0.1) is 0 Å². The van der Waals surface area contributed by atoms with Crippen LogP contribution < -0.4 is 5.43 Å². The van der Waals surface area contributed by atoms with Crippen LogP contribution in [0.2, 0.25) is 0 Å². The van der Waals surface area contributed by atoms with Crippen molar-refractivity contribution in [2.24, 2.45) is 5.10 Å². The molecule has 0 saturated carbocycles. The monoisotopic (exact) mass is 259 g/mol. The Morgan fingerprint density at radius 1 is 1.37 bits per heavy atom. The maximum atomic E-state index is 11.8. The highest BCUT2D eigenvalue weighted by Gasteiger charge is 2.16. The number of aromatic hydroxyl groups is 1. The van der Waals surface area contributed by atoms with E-state index in [2.05, 4.69) is 15.7 Å². The molecule has 0 bridgehead atoms. The predicted octanol–water partition coefficient (Wildman–Crippen LogP) is 1.76. The zero-order chi connectivity index (χ0) is 13.8. The molecule has 2 aromatic rings. The van der Waals surface area contributed by atoms with Gasteiger partial charge < -0.3 is 9.63 Å². The second-order valence-electron chi connectivity index (χ2n) is 3.99. The number of hydrogen-bond acceptors (Lipinski definition) is 5. The van der Waals surface area contributed by atoms with Gasteiger partial charge in [-0.25, -0.2) is 5.43 Å². The Morgan fingerprint density at radius 2 is 2.05 bits per heavy atom. The second-order valence-corrected chi connectivity index (χ2v) is 3.99. The first-order chi connectivity index (χ1) is 9.08. The molecule has 0 saturated heterocycles. The van der Waals surface area contributed by atoms with Gasteiger partial charge in [0.15, 0.2) is 0 Å². The number of benzene rings is 1. The Labute approximate surface area is 109 Å². The number of nitrogens with zero attached hydrogens (tertiary/aromatic N) is 2. The lowest BCUT2D eigenvalue weighted by Crippen LogP contribution is -2.18. The average molecular weight is 259 g/mol. The number of nitrogens with one attached hydrogen (secondary N) is 1. The summed E-state index contributed by atoms with van der Waals surface area (Å²) >= 11 is 0. The number of phenols is 1. The Kier molecular flexibility index (Phi) is 3.61. The molecule has 0 aliphatic carbocycles. The van der Waals surface area contributed by atoms with Gasteiger partial charge in [0.2, 0.25) is 0 Å². The third kappa shape index (κ3) is 2.98. The number of aryl methyl sites for hydroxylation is 2. The molecule has 6 heteroatoms. The number of hydrogen-bond donors (Lipinski definition) is 2. The predicted molar refractivity (Wildman–Crippen MR) is 69.1 cm³/mol. The van der Waals surface area contributed by atoms with Crippen molar-refractivity contribution in [2.75, 3.05) is 0 Å². The van der Waals surface area contributed by atoms with Gasteiger partial charge in [0.05, 0.1) is 11.9 Å². The van der Waals surface area contributed by atoms with E-state index in [1.165, 1.54) is 18.3 Å². The summed E-state index contributed by atoms with van der Waals surface area (Å²) in [7, 11) is 0. The molecule has 0 aliphatic rings. The fourth-order valence-electron chi connectivity index (χ4n) is 1.59. The largest absolute Gasteiger partial charge is 0.508 e. The van der Waals surface area contributed by atoms with Crippen LogP contribution >= 0.6 is 0 Å². The lowest BCUT2D eigenvalue weighted by atomic mass is 10.2. The van der Waals surface area contributed by atoms with Crippen molar-refractivity contribution in [2.45, 2.75) is 13.8 Å². The zero-order valence-corrected chi connectivity index (χ0v) is 10.5. The molecular weight excluding hydrogens is 246 g/mol. The van der Waals surface area contributed by atoms with Crippen LogP contribution in [-0.2, 0) is 0 Å². The van der Waals surface area contributed by atoms with Gasteiger partial charge in [-0.2, -0.15) is 5.10 Å². The van der Waals surface area contributed by atoms with Crippen LogP contribution in [0.3, 0.4) is 0 Å². The fraction of sp³-hybridized carbons (Fsp3) is 0.154. The summed E-state index contributed by atoms with van der Waals surface area (Å²) in [6, 6.07) is 6.44. The molecule has 1 heterocycles. The number of rotatable bonds is 3. The molecule has 0 unspecified atom stereocenters. The molecule has 1 amide bonds. The third-order valence-electron chi connectivity index (χ3n) is 2.53. The minimum absolute atomic E-state index is 0.178. The van der Waals surface area contributed by atoms with Crippen LogP contribution in [0.25, 0.3) is 0 Å². The van der Waals surface area contributed by atoms with Gasteiger partial charge >= 0.3 is 0 Å². The number of hydrazone groups is 1. The van der Waals surface area contributed by atoms with Crippen molar-refractivity contribution < 1.29 is 14.4 Å². The Balaban J connectivity index is 2.03. The molecule has 19 heavy (non-hydrogen) atoms. The van der Waals surface area contributed by atoms with Crippen LogP contribution in [-0.4, -0.2) is 22.4 Å². The highest BCUT2D eigenvalue weighted by molar-refractivity contribution is 5.96. The third-order valence-corrected chi connectivity index (χ3v) is 2.53. The Hall–Kier alpha value is -2.63. The molecule has 1 aromatic heterocycles. The Bertz CT molecular complexity index is 595. The lowest BCUT2D eigenvalue weighted by molar-refractivity contribution is 0.0953. The van der Waals surface area contributed by atoms with E-state index in [0.717, 1.165) is 5.56 Å². The quantitative estimate of drug-likeness (QED) is 0.649. The lowest BCUT2D eigenvalue weighted by Gasteiger charge is -1.98. The molecule has 2 rings (SSSR count). The van der Waals surface area contributed by atoms with Crippen molar-refractivity contribution in [3.8, 4) is 5.75 Å². The molecule has 0 spiro atoms. The van der Waals surface area contributed by atoms with E-state index in [1.54, 1.807) is 26.0 Å². The first kappa shape index (κ1) is 12.8.